The van der Waals surface area contributed by atoms with Crippen molar-refractivity contribution in [2.45, 2.75) is 33.6 Å². The average molecular weight is 311 g/mol. The molecule has 0 heterocycles. The quantitative estimate of drug-likeness (QED) is 0.694. The highest BCUT2D eigenvalue weighted by atomic mass is 16.5. The topological polar surface area (TPSA) is 12.5 Å². The Bertz CT molecular complexity index is 600. The first kappa shape index (κ1) is 15.3. The van der Waals surface area contributed by atoms with Crippen molar-refractivity contribution in [3.63, 3.8) is 0 Å². The molecule has 0 radical (unpaired) electrons. The Hall–Kier alpha value is -1.28. The first-order chi connectivity index (χ1) is 11.2. The second kappa shape index (κ2) is 5.98. The molecule has 0 spiro atoms. The van der Waals surface area contributed by atoms with Crippen molar-refractivity contribution in [1.29, 1.82) is 0 Å². The Labute approximate surface area is 140 Å². The minimum atomic E-state index is 0.809. The maximum atomic E-state index is 6.46. The summed E-state index contributed by atoms with van der Waals surface area (Å²) in [6.45, 7) is 10.7. The van der Waals surface area contributed by atoms with Gasteiger partial charge in [0.1, 0.15) is 12.4 Å². The fourth-order valence-corrected chi connectivity index (χ4v) is 5.13. The van der Waals surface area contributed by atoms with Crippen molar-refractivity contribution in [3.05, 3.63) is 41.0 Å². The normalized spacial score (nSPS) is 32.5. The number of hydrogen-bond acceptors (Lipinski definition) is 2. The first-order valence-electron chi connectivity index (χ1n) is 9.39. The first-order valence-corrected chi connectivity index (χ1v) is 9.39. The van der Waals surface area contributed by atoms with E-state index in [9.17, 15) is 0 Å². The van der Waals surface area contributed by atoms with Crippen molar-refractivity contribution < 1.29 is 4.74 Å². The van der Waals surface area contributed by atoms with Crippen LogP contribution in [0.2, 0.25) is 0 Å². The highest BCUT2D eigenvalue weighted by molar-refractivity contribution is 5.69. The number of likely N-dealkylation sites (N-methyl/N-ethyl adjacent to an activating group) is 1. The summed E-state index contributed by atoms with van der Waals surface area (Å²) in [6.07, 6.45) is 2.86. The Morgan fingerprint density at radius 3 is 2.39 bits per heavy atom. The van der Waals surface area contributed by atoms with Gasteiger partial charge in [-0.15, -0.1) is 0 Å². The van der Waals surface area contributed by atoms with Crippen LogP contribution in [0.3, 0.4) is 0 Å². The Morgan fingerprint density at radius 2 is 1.83 bits per heavy atom. The van der Waals surface area contributed by atoms with Crippen LogP contribution in [0.15, 0.2) is 29.8 Å². The van der Waals surface area contributed by atoms with E-state index < -0.39 is 0 Å². The van der Waals surface area contributed by atoms with Crippen LogP contribution >= 0.6 is 0 Å². The molecule has 0 N–H and O–H groups in total. The standard InChI is InChI=1S/C21H29NO/c1-4-22(5-2)10-11-23-21(16-9-7-6-8-14(16)3)19-15-12-17-18(13-15)20(17)19/h6-9,15,17-18,20H,4-5,10-13H2,1-3H3. The molecule has 2 heteroatoms. The van der Waals surface area contributed by atoms with E-state index in [2.05, 4.69) is 49.9 Å². The van der Waals surface area contributed by atoms with E-state index in [-0.39, 0.29) is 0 Å². The molecular formula is C21H29NO. The molecule has 2 unspecified atom stereocenters. The van der Waals surface area contributed by atoms with E-state index in [4.69, 9.17) is 4.74 Å². The van der Waals surface area contributed by atoms with Gasteiger partial charge in [-0.2, -0.15) is 0 Å². The van der Waals surface area contributed by atoms with E-state index in [1.807, 2.05) is 0 Å². The van der Waals surface area contributed by atoms with Gasteiger partial charge in [-0.05, 0) is 67.7 Å². The van der Waals surface area contributed by atoms with Crippen LogP contribution in [0, 0.1) is 30.6 Å². The maximum Gasteiger partial charge on any atom is 0.126 e. The molecule has 4 aliphatic rings. The second-order valence-corrected chi connectivity index (χ2v) is 7.50. The van der Waals surface area contributed by atoms with Crippen LogP contribution in [-0.2, 0) is 4.74 Å². The lowest BCUT2D eigenvalue weighted by molar-refractivity contribution is 0.200. The summed E-state index contributed by atoms with van der Waals surface area (Å²) in [7, 11) is 0. The molecule has 2 atom stereocenters. The van der Waals surface area contributed by atoms with Crippen LogP contribution in [0.1, 0.15) is 37.8 Å². The van der Waals surface area contributed by atoms with Gasteiger partial charge in [-0.25, -0.2) is 0 Å². The lowest BCUT2D eigenvalue weighted by Gasteiger charge is -2.22. The van der Waals surface area contributed by atoms with Crippen molar-refractivity contribution in [1.82, 2.24) is 4.90 Å². The summed E-state index contributed by atoms with van der Waals surface area (Å²) in [5, 5.41) is 0. The maximum absolute atomic E-state index is 6.46. The monoisotopic (exact) mass is 311 g/mol. The van der Waals surface area contributed by atoms with E-state index in [1.165, 1.54) is 29.7 Å². The summed E-state index contributed by atoms with van der Waals surface area (Å²) in [5.74, 6) is 4.93. The molecule has 23 heavy (non-hydrogen) atoms. The van der Waals surface area contributed by atoms with E-state index >= 15 is 0 Å². The molecule has 0 saturated heterocycles. The van der Waals surface area contributed by atoms with Crippen LogP contribution in [-0.4, -0.2) is 31.1 Å². The molecular weight excluding hydrogens is 282 g/mol. The molecule has 4 fully saturated rings. The lowest BCUT2D eigenvalue weighted by atomic mass is 9.97. The second-order valence-electron chi connectivity index (χ2n) is 7.50. The van der Waals surface area contributed by atoms with Gasteiger partial charge in [0, 0.05) is 12.1 Å². The molecule has 1 aromatic carbocycles. The average Bonchev–Trinajstić information content (AvgIpc) is 2.94. The largest absolute Gasteiger partial charge is 0.492 e. The highest BCUT2D eigenvalue weighted by Crippen LogP contribution is 2.74. The molecule has 4 aliphatic carbocycles. The number of ether oxygens (including phenoxy) is 1. The predicted octanol–water partition coefficient (Wildman–Crippen LogP) is 4.35. The number of hydrogen-bond donors (Lipinski definition) is 0. The van der Waals surface area contributed by atoms with E-state index in [1.54, 1.807) is 5.57 Å². The Morgan fingerprint density at radius 1 is 1.13 bits per heavy atom. The SMILES string of the molecule is CCN(CC)CCOC(=C1C2CC3C(C2)C13)c1ccccc1C. The number of rotatable bonds is 7. The zero-order valence-corrected chi connectivity index (χ0v) is 14.7. The van der Waals surface area contributed by atoms with Gasteiger partial charge in [-0.3, -0.25) is 0 Å². The smallest absolute Gasteiger partial charge is 0.126 e. The Balaban J connectivity index is 1.59. The van der Waals surface area contributed by atoms with Crippen molar-refractivity contribution in [2.75, 3.05) is 26.2 Å². The van der Waals surface area contributed by atoms with Crippen LogP contribution in [0.25, 0.3) is 5.76 Å². The molecule has 0 amide bonds. The number of aryl methyl sites for hydroxylation is 1. The van der Waals surface area contributed by atoms with Crippen LogP contribution in [0.4, 0.5) is 0 Å². The molecule has 2 nitrogen and oxygen atoms in total. The summed E-state index contributed by atoms with van der Waals surface area (Å²) < 4.78 is 6.46. The van der Waals surface area contributed by atoms with Gasteiger partial charge in [0.2, 0.25) is 0 Å². The third kappa shape index (κ3) is 2.52. The van der Waals surface area contributed by atoms with Gasteiger partial charge in [0.25, 0.3) is 0 Å². The molecule has 4 bridgehead atoms. The third-order valence-electron chi connectivity index (χ3n) is 6.44. The third-order valence-corrected chi connectivity index (χ3v) is 6.44. The summed E-state index contributed by atoms with van der Waals surface area (Å²) in [4.78, 5) is 2.44. The van der Waals surface area contributed by atoms with Gasteiger partial charge >= 0.3 is 0 Å². The van der Waals surface area contributed by atoms with E-state index in [0.717, 1.165) is 49.9 Å². The fourth-order valence-electron chi connectivity index (χ4n) is 5.13. The molecule has 1 aromatic rings. The summed E-state index contributed by atoms with van der Waals surface area (Å²) in [5.41, 5.74) is 4.35. The molecule has 0 aromatic heterocycles. The minimum Gasteiger partial charge on any atom is -0.492 e. The van der Waals surface area contributed by atoms with Crippen LogP contribution in [0.5, 0.6) is 0 Å². The van der Waals surface area contributed by atoms with Gasteiger partial charge < -0.3 is 9.64 Å². The van der Waals surface area contributed by atoms with E-state index in [0.29, 0.717) is 0 Å². The zero-order chi connectivity index (χ0) is 16.0. The van der Waals surface area contributed by atoms with Crippen molar-refractivity contribution in [2.24, 2.45) is 23.7 Å². The minimum absolute atomic E-state index is 0.809. The fraction of sp³-hybridized carbons (Fsp3) is 0.619. The molecule has 0 aliphatic heterocycles. The number of allylic oxidation sites excluding steroid dienone is 1. The highest BCUT2D eigenvalue weighted by Gasteiger charge is 2.67. The summed E-state index contributed by atoms with van der Waals surface area (Å²) in [6, 6.07) is 8.75. The lowest BCUT2D eigenvalue weighted by Crippen LogP contribution is -2.27. The van der Waals surface area contributed by atoms with Crippen molar-refractivity contribution >= 4 is 5.76 Å². The molecule has 124 valence electrons. The number of nitrogens with zero attached hydrogens (tertiary/aromatic N) is 1. The molecule has 4 saturated carbocycles. The predicted molar refractivity (Wildman–Crippen MR) is 95.0 cm³/mol. The van der Waals surface area contributed by atoms with Gasteiger partial charge in [0.05, 0.1) is 0 Å². The van der Waals surface area contributed by atoms with Crippen molar-refractivity contribution in [3.8, 4) is 0 Å². The van der Waals surface area contributed by atoms with Gasteiger partial charge in [-0.1, -0.05) is 38.1 Å². The van der Waals surface area contributed by atoms with Gasteiger partial charge in [0.15, 0.2) is 0 Å². The van der Waals surface area contributed by atoms with Crippen LogP contribution < -0.4 is 0 Å². The molecule has 5 rings (SSSR count). The summed E-state index contributed by atoms with van der Waals surface area (Å²) >= 11 is 0. The zero-order valence-electron chi connectivity index (χ0n) is 14.7. The number of benzene rings is 1. The Kier molecular flexibility index (Phi) is 3.96.